The predicted octanol–water partition coefficient (Wildman–Crippen LogP) is 4.53. The SMILES string of the molecule is COc1ccc2c(c1N1CCCN(C(CC(=O)NCCN3CCCC3)c3csc(C4CC4)n3)CC1)N=CCC2. The van der Waals surface area contributed by atoms with Gasteiger partial charge in [-0.05, 0) is 69.7 Å². The Morgan fingerprint density at radius 1 is 1.13 bits per heavy atom. The van der Waals surface area contributed by atoms with Gasteiger partial charge in [-0.2, -0.15) is 0 Å². The van der Waals surface area contributed by atoms with E-state index in [0.717, 1.165) is 94.4 Å². The summed E-state index contributed by atoms with van der Waals surface area (Å²) in [6, 6.07) is 4.27. The van der Waals surface area contributed by atoms with Gasteiger partial charge in [0.2, 0.25) is 5.91 Å². The number of benzene rings is 1. The first-order valence-electron chi connectivity index (χ1n) is 14.9. The third kappa shape index (κ3) is 6.31. The maximum absolute atomic E-state index is 13.2. The molecular weight excluding hydrogens is 508 g/mol. The van der Waals surface area contributed by atoms with Crippen LogP contribution in [0.5, 0.6) is 5.75 Å². The molecule has 6 rings (SSSR count). The van der Waals surface area contributed by atoms with Crippen LogP contribution in [0.15, 0.2) is 22.5 Å². The number of ether oxygens (including phenoxy) is 1. The smallest absolute Gasteiger partial charge is 0.222 e. The summed E-state index contributed by atoms with van der Waals surface area (Å²) in [6.45, 7) is 7.62. The van der Waals surface area contributed by atoms with Gasteiger partial charge < -0.3 is 19.9 Å². The highest BCUT2D eigenvalue weighted by Gasteiger charge is 2.32. The van der Waals surface area contributed by atoms with Crippen molar-refractivity contribution in [1.82, 2.24) is 20.1 Å². The molecule has 1 saturated carbocycles. The average molecular weight is 551 g/mol. The largest absolute Gasteiger partial charge is 0.494 e. The van der Waals surface area contributed by atoms with Gasteiger partial charge in [-0.3, -0.25) is 14.7 Å². The number of aryl methyl sites for hydroxylation is 1. The molecule has 1 amide bonds. The first-order chi connectivity index (χ1) is 19.2. The van der Waals surface area contributed by atoms with Gasteiger partial charge in [-0.25, -0.2) is 4.98 Å². The lowest BCUT2D eigenvalue weighted by Crippen LogP contribution is -2.38. The third-order valence-corrected chi connectivity index (χ3v) is 9.63. The first kappa shape index (κ1) is 26.7. The molecule has 3 aliphatic heterocycles. The number of amides is 1. The number of aromatic nitrogens is 1. The summed E-state index contributed by atoms with van der Waals surface area (Å²) in [5, 5.41) is 6.68. The Morgan fingerprint density at radius 2 is 2.00 bits per heavy atom. The fraction of sp³-hybridized carbons (Fsp3) is 0.633. The molecule has 3 fully saturated rings. The second-order valence-electron chi connectivity index (χ2n) is 11.4. The molecule has 2 saturated heterocycles. The summed E-state index contributed by atoms with van der Waals surface area (Å²) >= 11 is 1.78. The quantitative estimate of drug-likeness (QED) is 0.469. The molecule has 9 heteroatoms. The molecule has 8 nitrogen and oxygen atoms in total. The van der Waals surface area contributed by atoms with Crippen molar-refractivity contribution >= 4 is 34.8 Å². The number of nitrogens with zero attached hydrogens (tertiary/aromatic N) is 5. The minimum Gasteiger partial charge on any atom is -0.494 e. The zero-order valence-corrected chi connectivity index (χ0v) is 24.1. The molecule has 0 radical (unpaired) electrons. The summed E-state index contributed by atoms with van der Waals surface area (Å²) in [5.41, 5.74) is 4.56. The highest BCUT2D eigenvalue weighted by molar-refractivity contribution is 7.09. The van der Waals surface area contributed by atoms with E-state index in [2.05, 4.69) is 37.5 Å². The monoisotopic (exact) mass is 550 g/mol. The van der Waals surface area contributed by atoms with E-state index in [0.29, 0.717) is 12.3 Å². The van der Waals surface area contributed by atoms with E-state index in [1.165, 1.54) is 36.3 Å². The zero-order valence-electron chi connectivity index (χ0n) is 23.2. The molecule has 1 N–H and O–H groups in total. The van der Waals surface area contributed by atoms with Crippen molar-refractivity contribution in [2.24, 2.45) is 4.99 Å². The Bertz CT molecular complexity index is 1170. The maximum atomic E-state index is 13.2. The number of likely N-dealkylation sites (tertiary alicyclic amines) is 1. The van der Waals surface area contributed by atoms with Gasteiger partial charge in [-0.1, -0.05) is 6.07 Å². The fourth-order valence-electron chi connectivity index (χ4n) is 6.27. The van der Waals surface area contributed by atoms with E-state index in [1.807, 2.05) is 6.21 Å². The summed E-state index contributed by atoms with van der Waals surface area (Å²) in [6.07, 6.45) is 10.6. The molecule has 4 heterocycles. The fourth-order valence-corrected chi connectivity index (χ4v) is 7.30. The van der Waals surface area contributed by atoms with Crippen LogP contribution in [0.3, 0.4) is 0 Å². The number of thiazole rings is 1. The van der Waals surface area contributed by atoms with Gasteiger partial charge in [0.05, 0.1) is 29.5 Å². The third-order valence-electron chi connectivity index (χ3n) is 8.60. The van der Waals surface area contributed by atoms with E-state index in [4.69, 9.17) is 14.7 Å². The average Bonchev–Trinajstić information content (AvgIpc) is 3.55. The molecule has 1 atom stereocenters. The minimum absolute atomic E-state index is 0.00471. The number of hydrogen-bond acceptors (Lipinski definition) is 8. The van der Waals surface area contributed by atoms with Gasteiger partial charge in [0, 0.05) is 63.2 Å². The lowest BCUT2D eigenvalue weighted by molar-refractivity contribution is -0.122. The molecule has 0 spiro atoms. The second-order valence-corrected chi connectivity index (χ2v) is 12.2. The van der Waals surface area contributed by atoms with Crippen molar-refractivity contribution in [3.63, 3.8) is 0 Å². The number of anilines is 1. The molecule has 39 heavy (non-hydrogen) atoms. The van der Waals surface area contributed by atoms with Crippen molar-refractivity contribution in [3.05, 3.63) is 33.8 Å². The summed E-state index contributed by atoms with van der Waals surface area (Å²) in [7, 11) is 1.75. The van der Waals surface area contributed by atoms with Crippen molar-refractivity contribution in [1.29, 1.82) is 0 Å². The summed E-state index contributed by atoms with van der Waals surface area (Å²) in [4.78, 5) is 30.5. The number of hydrogen-bond donors (Lipinski definition) is 1. The van der Waals surface area contributed by atoms with Gasteiger partial charge in [0.15, 0.2) is 0 Å². The first-order valence-corrected chi connectivity index (χ1v) is 15.7. The number of nitrogens with one attached hydrogen (secondary N) is 1. The normalized spacial score (nSPS) is 21.0. The standard InChI is InChI=1S/C30H42N6O2S/c1-38-26-10-9-22-6-4-11-32-28(22)29(26)36-16-5-15-35(18-19-36)25(24-21-39-30(33-24)23-7-8-23)20-27(37)31-12-17-34-13-2-3-14-34/h9-11,21,23,25H,2-8,12-20H2,1H3,(H,31,37). The summed E-state index contributed by atoms with van der Waals surface area (Å²) < 4.78 is 5.81. The van der Waals surface area contributed by atoms with Gasteiger partial charge >= 0.3 is 0 Å². The van der Waals surface area contributed by atoms with Gasteiger partial charge in [-0.15, -0.1) is 11.3 Å². The number of rotatable bonds is 10. The number of carbonyl (C=O) groups excluding carboxylic acids is 1. The number of aliphatic imine (C=N–C) groups is 1. The molecular formula is C30H42N6O2S. The Balaban J connectivity index is 1.17. The lowest BCUT2D eigenvalue weighted by atomic mass is 10.0. The lowest BCUT2D eigenvalue weighted by Gasteiger charge is -2.31. The van der Waals surface area contributed by atoms with E-state index in [1.54, 1.807) is 18.4 Å². The zero-order chi connectivity index (χ0) is 26.6. The predicted molar refractivity (Wildman–Crippen MR) is 158 cm³/mol. The minimum atomic E-state index is 0.00471. The van der Waals surface area contributed by atoms with Crippen LogP contribution < -0.4 is 15.0 Å². The molecule has 1 aromatic heterocycles. The van der Waals surface area contributed by atoms with Crippen LogP contribution in [0.25, 0.3) is 0 Å². The van der Waals surface area contributed by atoms with Gasteiger partial charge in [0.25, 0.3) is 0 Å². The molecule has 2 aromatic rings. The highest BCUT2D eigenvalue weighted by atomic mass is 32.1. The molecule has 1 aromatic carbocycles. The van der Waals surface area contributed by atoms with Crippen LogP contribution in [-0.4, -0.2) is 86.4 Å². The Hall–Kier alpha value is -2.49. The molecule has 1 unspecified atom stereocenters. The van der Waals surface area contributed by atoms with Crippen LogP contribution in [0.1, 0.15) is 73.2 Å². The molecule has 210 valence electrons. The second kappa shape index (κ2) is 12.4. The topological polar surface area (TPSA) is 73.3 Å². The van der Waals surface area contributed by atoms with Crippen molar-refractivity contribution in [2.45, 2.75) is 63.3 Å². The number of fused-ring (bicyclic) bond motifs is 1. The number of methoxy groups -OCH3 is 1. The van der Waals surface area contributed by atoms with E-state index >= 15 is 0 Å². The molecule has 0 bridgehead atoms. The summed E-state index contributed by atoms with van der Waals surface area (Å²) in [5.74, 6) is 1.66. The van der Waals surface area contributed by atoms with Crippen LogP contribution in [0.2, 0.25) is 0 Å². The number of carbonyl (C=O) groups is 1. The van der Waals surface area contributed by atoms with Crippen LogP contribution in [0.4, 0.5) is 11.4 Å². The Kier molecular flexibility index (Phi) is 8.46. The van der Waals surface area contributed by atoms with Crippen molar-refractivity contribution in [2.75, 3.05) is 64.4 Å². The van der Waals surface area contributed by atoms with Crippen LogP contribution in [0, 0.1) is 0 Å². The van der Waals surface area contributed by atoms with Crippen LogP contribution in [-0.2, 0) is 11.2 Å². The molecule has 1 aliphatic carbocycles. The van der Waals surface area contributed by atoms with Crippen molar-refractivity contribution < 1.29 is 9.53 Å². The van der Waals surface area contributed by atoms with Gasteiger partial charge in [0.1, 0.15) is 11.4 Å². The maximum Gasteiger partial charge on any atom is 0.222 e. The molecule has 4 aliphatic rings. The van der Waals surface area contributed by atoms with E-state index < -0.39 is 0 Å². The van der Waals surface area contributed by atoms with E-state index in [9.17, 15) is 4.79 Å². The highest BCUT2D eigenvalue weighted by Crippen LogP contribution is 2.44. The Morgan fingerprint density at radius 3 is 2.82 bits per heavy atom. The van der Waals surface area contributed by atoms with Crippen molar-refractivity contribution in [3.8, 4) is 5.75 Å². The Labute approximate surface area is 236 Å². The van der Waals surface area contributed by atoms with E-state index in [-0.39, 0.29) is 11.9 Å². The van der Waals surface area contributed by atoms with Crippen LogP contribution >= 0.6 is 11.3 Å².